The number of anilines is 1. The fourth-order valence-electron chi connectivity index (χ4n) is 4.69. The molecule has 0 spiro atoms. The molecular formula is C27H34Cl3N3O5S. The molecule has 0 heterocycles. The van der Waals surface area contributed by atoms with Crippen molar-refractivity contribution in [3.05, 3.63) is 57.0 Å². The number of ether oxygens (including phenoxy) is 1. The van der Waals surface area contributed by atoms with Crippen LogP contribution in [0.1, 0.15) is 51.0 Å². The van der Waals surface area contributed by atoms with Crippen LogP contribution in [0.4, 0.5) is 5.69 Å². The topological polar surface area (TPSA) is 96.0 Å². The number of carbonyl (C=O) groups excluding carboxylic acids is 2. The van der Waals surface area contributed by atoms with E-state index >= 15 is 0 Å². The van der Waals surface area contributed by atoms with Gasteiger partial charge in [0.05, 0.1) is 34.1 Å². The van der Waals surface area contributed by atoms with Crippen LogP contribution in [0.3, 0.4) is 0 Å². The van der Waals surface area contributed by atoms with Crippen LogP contribution in [0.25, 0.3) is 0 Å². The Labute approximate surface area is 245 Å². The summed E-state index contributed by atoms with van der Waals surface area (Å²) in [6.45, 7) is 1.33. The molecule has 0 radical (unpaired) electrons. The third-order valence-corrected chi connectivity index (χ3v) is 8.94. The molecule has 2 aromatic carbocycles. The first-order valence-electron chi connectivity index (χ1n) is 12.8. The maximum atomic E-state index is 13.9. The predicted octanol–water partition coefficient (Wildman–Crippen LogP) is 5.68. The summed E-state index contributed by atoms with van der Waals surface area (Å²) in [7, 11) is -2.42. The molecule has 8 nitrogen and oxygen atoms in total. The van der Waals surface area contributed by atoms with E-state index in [-0.39, 0.29) is 39.2 Å². The normalized spacial score (nSPS) is 14.9. The summed E-state index contributed by atoms with van der Waals surface area (Å²) in [6.07, 6.45) is 6.34. The van der Waals surface area contributed by atoms with Gasteiger partial charge in [0.2, 0.25) is 21.8 Å². The monoisotopic (exact) mass is 617 g/mol. The van der Waals surface area contributed by atoms with Gasteiger partial charge in [-0.25, -0.2) is 8.42 Å². The smallest absolute Gasteiger partial charge is 0.244 e. The largest absolute Gasteiger partial charge is 0.497 e. The summed E-state index contributed by atoms with van der Waals surface area (Å²) < 4.78 is 31.8. The molecule has 214 valence electrons. The number of methoxy groups -OCH3 is 1. The van der Waals surface area contributed by atoms with Gasteiger partial charge in [0.15, 0.2) is 0 Å². The zero-order chi connectivity index (χ0) is 28.7. The first-order valence-corrected chi connectivity index (χ1v) is 15.8. The van der Waals surface area contributed by atoms with Crippen molar-refractivity contribution in [1.29, 1.82) is 0 Å². The quantitative estimate of drug-likeness (QED) is 0.327. The molecule has 0 aliphatic heterocycles. The fraction of sp³-hybridized carbons (Fsp3) is 0.481. The third kappa shape index (κ3) is 8.39. The number of halogens is 3. The average Bonchev–Trinajstić information content (AvgIpc) is 2.89. The van der Waals surface area contributed by atoms with Crippen molar-refractivity contribution in [2.75, 3.05) is 24.2 Å². The number of rotatable bonds is 11. The van der Waals surface area contributed by atoms with E-state index in [1.165, 1.54) is 17.0 Å². The van der Waals surface area contributed by atoms with Crippen molar-refractivity contribution in [1.82, 2.24) is 10.2 Å². The van der Waals surface area contributed by atoms with Crippen LogP contribution in [0, 0.1) is 0 Å². The van der Waals surface area contributed by atoms with Crippen molar-refractivity contribution >= 4 is 62.3 Å². The highest BCUT2D eigenvalue weighted by molar-refractivity contribution is 7.92. The molecular weight excluding hydrogens is 585 g/mol. The molecule has 39 heavy (non-hydrogen) atoms. The maximum absolute atomic E-state index is 13.9. The van der Waals surface area contributed by atoms with Crippen molar-refractivity contribution < 1.29 is 22.7 Å². The van der Waals surface area contributed by atoms with Gasteiger partial charge in [-0.15, -0.1) is 0 Å². The van der Waals surface area contributed by atoms with Gasteiger partial charge >= 0.3 is 0 Å². The molecule has 1 N–H and O–H groups in total. The molecule has 1 atom stereocenters. The van der Waals surface area contributed by atoms with Gasteiger partial charge in [-0.3, -0.25) is 13.9 Å². The lowest BCUT2D eigenvalue weighted by atomic mass is 9.95. The summed E-state index contributed by atoms with van der Waals surface area (Å²) >= 11 is 18.5. The minimum Gasteiger partial charge on any atom is -0.497 e. The van der Waals surface area contributed by atoms with Crippen molar-refractivity contribution in [3.63, 3.8) is 0 Å². The molecule has 12 heteroatoms. The Morgan fingerprint density at radius 2 is 1.64 bits per heavy atom. The lowest BCUT2D eigenvalue weighted by molar-refractivity contribution is -0.140. The van der Waals surface area contributed by atoms with Crippen LogP contribution in [0.2, 0.25) is 15.1 Å². The van der Waals surface area contributed by atoms with E-state index in [1.54, 1.807) is 31.4 Å². The number of nitrogens with zero attached hydrogens (tertiary/aromatic N) is 2. The highest BCUT2D eigenvalue weighted by Gasteiger charge is 2.33. The van der Waals surface area contributed by atoms with Crippen LogP contribution < -0.4 is 14.4 Å². The number of hydrogen-bond acceptors (Lipinski definition) is 5. The zero-order valence-corrected chi connectivity index (χ0v) is 25.3. The minimum absolute atomic E-state index is 0.0195. The van der Waals surface area contributed by atoms with Gasteiger partial charge in [-0.1, -0.05) is 73.1 Å². The standard InChI is InChI=1S/C27H34Cl3N3O5S/c1-4-24(27(35)31-19-8-6-5-7-9-19)32(16-18-10-12-20(38-2)13-11-18)26(34)17-33(39(3,36)37)25-15-22(29)21(28)14-23(25)30/h10-15,19,24H,4-9,16-17H2,1-3H3,(H,31,35). The Hall–Kier alpha value is -2.20. The molecule has 1 fully saturated rings. The Kier molecular flexibility index (Phi) is 11.2. The average molecular weight is 619 g/mol. The molecule has 0 aromatic heterocycles. The lowest BCUT2D eigenvalue weighted by Gasteiger charge is -2.34. The summed E-state index contributed by atoms with van der Waals surface area (Å²) in [5.74, 6) is -0.176. The predicted molar refractivity (Wildman–Crippen MR) is 156 cm³/mol. The number of nitrogens with one attached hydrogen (secondary N) is 1. The number of benzene rings is 2. The maximum Gasteiger partial charge on any atom is 0.244 e. The van der Waals surface area contributed by atoms with Gasteiger partial charge in [0.1, 0.15) is 18.3 Å². The number of amides is 2. The van der Waals surface area contributed by atoms with Crippen molar-refractivity contribution in [2.45, 2.75) is 64.1 Å². The molecule has 1 saturated carbocycles. The van der Waals surface area contributed by atoms with E-state index in [1.807, 2.05) is 6.92 Å². The Morgan fingerprint density at radius 1 is 1.03 bits per heavy atom. The van der Waals surface area contributed by atoms with E-state index < -0.39 is 28.5 Å². The van der Waals surface area contributed by atoms with E-state index in [4.69, 9.17) is 39.5 Å². The van der Waals surface area contributed by atoms with Gasteiger partial charge in [-0.2, -0.15) is 0 Å². The van der Waals surface area contributed by atoms with E-state index in [9.17, 15) is 18.0 Å². The lowest BCUT2D eigenvalue weighted by Crippen LogP contribution is -2.54. The molecule has 0 saturated heterocycles. The number of hydrogen-bond donors (Lipinski definition) is 1. The molecule has 1 unspecified atom stereocenters. The molecule has 3 rings (SSSR count). The second-order valence-electron chi connectivity index (χ2n) is 9.62. The number of carbonyl (C=O) groups is 2. The molecule has 1 aliphatic carbocycles. The Balaban J connectivity index is 1.96. The van der Waals surface area contributed by atoms with Crippen LogP contribution in [0.5, 0.6) is 5.75 Å². The van der Waals surface area contributed by atoms with Crippen LogP contribution >= 0.6 is 34.8 Å². The van der Waals surface area contributed by atoms with Gasteiger partial charge in [-0.05, 0) is 49.1 Å². The second kappa shape index (κ2) is 13.9. The molecule has 2 aromatic rings. The third-order valence-electron chi connectivity index (χ3n) is 6.79. The molecule has 2 amide bonds. The van der Waals surface area contributed by atoms with E-state index in [0.29, 0.717) is 12.2 Å². The van der Waals surface area contributed by atoms with Gasteiger partial charge in [0.25, 0.3) is 0 Å². The molecule has 0 bridgehead atoms. The van der Waals surface area contributed by atoms with Gasteiger partial charge in [0, 0.05) is 12.6 Å². The SMILES string of the molecule is CCC(C(=O)NC1CCCCC1)N(Cc1ccc(OC)cc1)C(=O)CN(c1cc(Cl)c(Cl)cc1Cl)S(C)(=O)=O. The highest BCUT2D eigenvalue weighted by Crippen LogP contribution is 2.35. The zero-order valence-electron chi connectivity index (χ0n) is 22.3. The summed E-state index contributed by atoms with van der Waals surface area (Å²) in [5.41, 5.74) is 0.776. The van der Waals surface area contributed by atoms with Crippen molar-refractivity contribution in [3.8, 4) is 5.75 Å². The Morgan fingerprint density at radius 3 is 2.21 bits per heavy atom. The highest BCUT2D eigenvalue weighted by atomic mass is 35.5. The fourth-order valence-corrected chi connectivity index (χ4v) is 6.24. The first-order chi connectivity index (χ1) is 18.4. The number of sulfonamides is 1. The van der Waals surface area contributed by atoms with Gasteiger partial charge < -0.3 is 15.0 Å². The van der Waals surface area contributed by atoms with Crippen molar-refractivity contribution in [2.24, 2.45) is 0 Å². The first kappa shape index (κ1) is 31.3. The van der Waals surface area contributed by atoms with Crippen LogP contribution in [-0.2, 0) is 26.2 Å². The Bertz CT molecular complexity index is 1270. The second-order valence-corrected chi connectivity index (χ2v) is 12.8. The van der Waals surface area contributed by atoms with Crippen LogP contribution in [0.15, 0.2) is 36.4 Å². The summed E-state index contributed by atoms with van der Waals surface area (Å²) in [6, 6.07) is 9.00. The summed E-state index contributed by atoms with van der Waals surface area (Å²) in [5, 5.41) is 3.37. The molecule has 1 aliphatic rings. The minimum atomic E-state index is -3.97. The summed E-state index contributed by atoms with van der Waals surface area (Å²) in [4.78, 5) is 28.8. The van der Waals surface area contributed by atoms with Crippen LogP contribution in [-0.4, -0.2) is 57.1 Å². The van der Waals surface area contributed by atoms with E-state index in [2.05, 4.69) is 5.32 Å². The van der Waals surface area contributed by atoms with E-state index in [0.717, 1.165) is 48.2 Å².